The Labute approximate surface area is 143 Å². The predicted molar refractivity (Wildman–Crippen MR) is 82.9 cm³/mol. The van der Waals surface area contributed by atoms with Crippen molar-refractivity contribution in [2.24, 2.45) is 0 Å². The molecular formula is C11H12Cl3O6PS. The van der Waals surface area contributed by atoms with Gasteiger partial charge in [0.25, 0.3) is 10.1 Å². The second kappa shape index (κ2) is 6.57. The average molecular weight is 410 g/mol. The Kier molecular flexibility index (Phi) is 5.52. The maximum absolute atomic E-state index is 12.6. The normalized spacial score (nSPS) is 27.7. The lowest BCUT2D eigenvalue weighted by molar-refractivity contribution is 0.213. The van der Waals surface area contributed by atoms with Crippen molar-refractivity contribution in [3.63, 3.8) is 0 Å². The Morgan fingerprint density at radius 3 is 2.36 bits per heavy atom. The van der Waals surface area contributed by atoms with Crippen molar-refractivity contribution in [2.45, 2.75) is 27.6 Å². The van der Waals surface area contributed by atoms with Crippen molar-refractivity contribution in [3.8, 4) is 0 Å². The summed E-state index contributed by atoms with van der Waals surface area (Å²) in [5.41, 5.74) is 0. The summed E-state index contributed by atoms with van der Waals surface area (Å²) in [7, 11) is -8.39. The van der Waals surface area contributed by atoms with Gasteiger partial charge >= 0.3 is 7.60 Å². The van der Waals surface area contributed by atoms with Gasteiger partial charge in [-0.15, -0.1) is 0 Å². The van der Waals surface area contributed by atoms with E-state index in [1.165, 1.54) is 24.3 Å². The van der Waals surface area contributed by atoms with E-state index in [4.69, 9.17) is 48.0 Å². The van der Waals surface area contributed by atoms with Gasteiger partial charge in [0, 0.05) is 0 Å². The molecule has 124 valence electrons. The van der Waals surface area contributed by atoms with Gasteiger partial charge in [0.05, 0.1) is 17.6 Å². The lowest BCUT2D eigenvalue weighted by Gasteiger charge is -2.27. The van der Waals surface area contributed by atoms with Crippen molar-refractivity contribution in [2.75, 3.05) is 6.61 Å². The van der Waals surface area contributed by atoms with Gasteiger partial charge in [-0.05, 0) is 19.1 Å². The molecule has 22 heavy (non-hydrogen) atoms. The molecule has 1 fully saturated rings. The molecule has 0 bridgehead atoms. The molecule has 3 atom stereocenters. The van der Waals surface area contributed by atoms with Crippen LogP contribution < -0.4 is 0 Å². The Bertz CT molecular complexity index is 675. The van der Waals surface area contributed by atoms with Crippen molar-refractivity contribution >= 4 is 52.5 Å². The summed E-state index contributed by atoms with van der Waals surface area (Å²) in [5.74, 6) is -1.92. The first-order chi connectivity index (χ1) is 10.0. The summed E-state index contributed by atoms with van der Waals surface area (Å²) >= 11 is 17.2. The number of hydrogen-bond acceptors (Lipinski definition) is 6. The zero-order chi connectivity index (χ0) is 16.6. The molecule has 1 aliphatic rings. The molecule has 0 aliphatic carbocycles. The molecule has 1 aliphatic heterocycles. The van der Waals surface area contributed by atoms with Crippen LogP contribution in [0.5, 0.6) is 0 Å². The molecule has 11 heteroatoms. The topological polar surface area (TPSA) is 78.9 Å². The van der Waals surface area contributed by atoms with Crippen LogP contribution in [0.2, 0.25) is 0 Å². The molecule has 1 saturated heterocycles. The Morgan fingerprint density at radius 1 is 1.32 bits per heavy atom. The molecule has 1 aromatic rings. The van der Waals surface area contributed by atoms with Gasteiger partial charge in [-0.25, -0.2) is 4.18 Å². The lowest BCUT2D eigenvalue weighted by Crippen LogP contribution is -2.31. The molecule has 1 heterocycles. The Morgan fingerprint density at radius 2 is 1.91 bits per heavy atom. The summed E-state index contributed by atoms with van der Waals surface area (Å²) in [6, 6.07) is 7.19. The van der Waals surface area contributed by atoms with Gasteiger partial charge in [-0.2, -0.15) is 8.42 Å². The van der Waals surface area contributed by atoms with Crippen LogP contribution >= 0.6 is 42.4 Å². The minimum absolute atomic E-state index is 0.0245. The maximum Gasteiger partial charge on any atom is 0.365 e. The highest BCUT2D eigenvalue weighted by atomic mass is 35.6. The molecule has 0 unspecified atom stereocenters. The first-order valence-electron chi connectivity index (χ1n) is 6.02. The molecule has 0 radical (unpaired) electrons. The summed E-state index contributed by atoms with van der Waals surface area (Å²) < 4.78 is 49.7. The van der Waals surface area contributed by atoms with Crippen molar-refractivity contribution in [1.82, 2.24) is 0 Å². The van der Waals surface area contributed by atoms with Gasteiger partial charge < -0.3 is 9.05 Å². The number of rotatable bonds is 4. The summed E-state index contributed by atoms with van der Waals surface area (Å²) in [6.07, 6.45) is -0.538. The van der Waals surface area contributed by atoms with Crippen LogP contribution in [0.4, 0.5) is 0 Å². The smallest absolute Gasteiger partial charge is 0.304 e. The fraction of sp³-hybridized carbons (Fsp3) is 0.455. The van der Waals surface area contributed by atoms with Gasteiger partial charge in [-0.1, -0.05) is 53.0 Å². The fourth-order valence-electron chi connectivity index (χ4n) is 1.69. The SMILES string of the molecule is C[C@H]1CO[P@](=O)([C@H](OS(=O)(=O)c2ccccc2)C(Cl)(Cl)Cl)O1. The fourth-order valence-corrected chi connectivity index (χ4v) is 6.45. The van der Waals surface area contributed by atoms with Gasteiger partial charge in [0.15, 0.2) is 0 Å². The van der Waals surface area contributed by atoms with E-state index in [-0.39, 0.29) is 11.5 Å². The van der Waals surface area contributed by atoms with E-state index in [0.717, 1.165) is 0 Å². The Hall–Kier alpha value is 0.150. The van der Waals surface area contributed by atoms with Crippen LogP contribution in [0.1, 0.15) is 6.92 Å². The molecule has 0 aromatic heterocycles. The molecule has 0 spiro atoms. The van der Waals surface area contributed by atoms with Crippen LogP contribution in [-0.2, 0) is 27.9 Å². The maximum atomic E-state index is 12.6. The highest BCUT2D eigenvalue weighted by Crippen LogP contribution is 2.64. The highest BCUT2D eigenvalue weighted by molar-refractivity contribution is 7.87. The van der Waals surface area contributed by atoms with Gasteiger partial charge in [-0.3, -0.25) is 4.57 Å². The zero-order valence-electron chi connectivity index (χ0n) is 11.2. The van der Waals surface area contributed by atoms with Gasteiger partial charge in [0.1, 0.15) is 0 Å². The number of benzene rings is 1. The number of alkyl halides is 3. The lowest BCUT2D eigenvalue weighted by atomic mass is 10.4. The molecule has 0 saturated carbocycles. The molecule has 1 aromatic carbocycles. The average Bonchev–Trinajstić information content (AvgIpc) is 2.76. The largest absolute Gasteiger partial charge is 0.365 e. The standard InChI is InChI=1S/C11H12Cl3O6PS/c1-8-7-18-21(15,19-8)10(11(12,13)14)20-22(16,17)9-5-3-2-4-6-9/h2-6,8,10H,7H2,1H3/t8-,10-,21+/m0/s1. The molecule has 6 nitrogen and oxygen atoms in total. The second-order valence-corrected chi connectivity index (χ2v) is 10.5. The molecule has 0 amide bonds. The number of halogens is 3. The zero-order valence-corrected chi connectivity index (χ0v) is 15.2. The minimum Gasteiger partial charge on any atom is -0.304 e. The third kappa shape index (κ3) is 4.16. The predicted octanol–water partition coefficient (Wildman–Crippen LogP) is 3.72. The van der Waals surface area contributed by atoms with E-state index in [9.17, 15) is 13.0 Å². The van der Waals surface area contributed by atoms with Crippen molar-refractivity contribution in [3.05, 3.63) is 30.3 Å². The van der Waals surface area contributed by atoms with Crippen LogP contribution in [0.15, 0.2) is 35.2 Å². The van der Waals surface area contributed by atoms with Crippen LogP contribution in [-0.4, -0.2) is 30.8 Å². The quantitative estimate of drug-likeness (QED) is 0.428. The molecular weight excluding hydrogens is 398 g/mol. The molecule has 2 rings (SSSR count). The van der Waals surface area contributed by atoms with Gasteiger partial charge in [0.2, 0.25) is 9.64 Å². The van der Waals surface area contributed by atoms with E-state index in [2.05, 4.69) is 0 Å². The van der Waals surface area contributed by atoms with E-state index < -0.39 is 33.5 Å². The second-order valence-electron chi connectivity index (χ2n) is 4.51. The summed E-state index contributed by atoms with van der Waals surface area (Å²) in [4.78, 5) is -0.173. The summed E-state index contributed by atoms with van der Waals surface area (Å²) in [5, 5.41) is 0. The molecule has 0 N–H and O–H groups in total. The third-order valence-electron chi connectivity index (χ3n) is 2.63. The van der Waals surface area contributed by atoms with Crippen molar-refractivity contribution in [1.29, 1.82) is 0 Å². The third-order valence-corrected chi connectivity index (χ3v) is 7.35. The minimum atomic E-state index is -4.32. The van der Waals surface area contributed by atoms with Crippen molar-refractivity contribution < 1.29 is 26.2 Å². The van der Waals surface area contributed by atoms with Crippen LogP contribution in [0.3, 0.4) is 0 Å². The van der Waals surface area contributed by atoms with Crippen LogP contribution in [0.25, 0.3) is 0 Å². The van der Waals surface area contributed by atoms with E-state index >= 15 is 0 Å². The highest BCUT2D eigenvalue weighted by Gasteiger charge is 2.55. The van der Waals surface area contributed by atoms with E-state index in [1.54, 1.807) is 13.0 Å². The number of hydrogen-bond donors (Lipinski definition) is 0. The monoisotopic (exact) mass is 408 g/mol. The Balaban J connectivity index is 2.35. The van der Waals surface area contributed by atoms with E-state index in [1.807, 2.05) is 0 Å². The van der Waals surface area contributed by atoms with Crippen LogP contribution in [0, 0.1) is 0 Å². The van der Waals surface area contributed by atoms with E-state index in [0.29, 0.717) is 0 Å². The summed E-state index contributed by atoms with van der Waals surface area (Å²) in [6.45, 7) is 1.56. The first kappa shape index (κ1) is 18.5. The first-order valence-corrected chi connectivity index (χ1v) is 10.2.